The molecule has 0 saturated carbocycles. The van der Waals surface area contributed by atoms with Gasteiger partial charge in [0.05, 0.1) is 19.2 Å². The number of benzene rings is 1. The van der Waals surface area contributed by atoms with Gasteiger partial charge in [-0.2, -0.15) is 0 Å². The fourth-order valence-corrected chi connectivity index (χ4v) is 3.48. The van der Waals surface area contributed by atoms with Crippen LogP contribution in [-0.4, -0.2) is 34.3 Å². The summed E-state index contributed by atoms with van der Waals surface area (Å²) < 4.78 is 0. The van der Waals surface area contributed by atoms with Crippen LogP contribution in [0.4, 0.5) is 0 Å². The number of Topliss-reactive ketones (excluding diaryl/α,β-unsaturated/α-hetero) is 1. The van der Waals surface area contributed by atoms with Crippen molar-refractivity contribution in [2.24, 2.45) is 0 Å². The number of carbonyl (C=O) groups is 2. The van der Waals surface area contributed by atoms with Gasteiger partial charge in [0.15, 0.2) is 5.78 Å². The quantitative estimate of drug-likeness (QED) is 0.779. The van der Waals surface area contributed by atoms with E-state index in [0.717, 1.165) is 4.88 Å². The minimum Gasteiger partial charge on any atom is -0.394 e. The van der Waals surface area contributed by atoms with Crippen molar-refractivity contribution in [3.63, 3.8) is 0 Å². The SMILES string of the molecule is CC[C@@H](CO)N(Cc1ccc(C)s1)C(=O)c1cccc(C(C)=O)c1. The highest BCUT2D eigenvalue weighted by Gasteiger charge is 2.24. The Bertz CT molecular complexity index is 719. The van der Waals surface area contributed by atoms with Crippen LogP contribution in [0.25, 0.3) is 0 Å². The van der Waals surface area contributed by atoms with Crippen LogP contribution < -0.4 is 0 Å². The van der Waals surface area contributed by atoms with Crippen LogP contribution in [0.5, 0.6) is 0 Å². The summed E-state index contributed by atoms with van der Waals surface area (Å²) in [6, 6.07) is 10.6. The van der Waals surface area contributed by atoms with Gasteiger partial charge in [-0.25, -0.2) is 0 Å². The number of aliphatic hydroxyl groups is 1. The predicted octanol–water partition coefficient (Wildman–Crippen LogP) is 3.67. The molecule has 24 heavy (non-hydrogen) atoms. The number of aryl methyl sites for hydroxylation is 1. The lowest BCUT2D eigenvalue weighted by Gasteiger charge is -2.30. The zero-order valence-corrected chi connectivity index (χ0v) is 15.1. The molecule has 1 atom stereocenters. The standard InChI is InChI=1S/C19H23NO3S/c1-4-17(12-21)20(11-18-9-8-13(2)24-18)19(23)16-7-5-6-15(10-16)14(3)22/h5-10,17,21H,4,11-12H2,1-3H3/t17-/m0/s1. The van der Waals surface area contributed by atoms with E-state index in [9.17, 15) is 14.7 Å². The molecule has 0 saturated heterocycles. The largest absolute Gasteiger partial charge is 0.394 e. The Kier molecular flexibility index (Phi) is 6.29. The Balaban J connectivity index is 2.33. The normalized spacial score (nSPS) is 12.0. The first kappa shape index (κ1) is 18.4. The van der Waals surface area contributed by atoms with Gasteiger partial charge in [-0.1, -0.05) is 19.1 Å². The molecule has 0 unspecified atom stereocenters. The molecule has 0 bridgehead atoms. The molecule has 0 spiro atoms. The highest BCUT2D eigenvalue weighted by atomic mass is 32.1. The van der Waals surface area contributed by atoms with Gasteiger partial charge in [0.2, 0.25) is 0 Å². The van der Waals surface area contributed by atoms with Crippen LogP contribution in [0.1, 0.15) is 50.7 Å². The van der Waals surface area contributed by atoms with Gasteiger partial charge in [0.25, 0.3) is 5.91 Å². The van der Waals surface area contributed by atoms with Crippen molar-refractivity contribution in [3.8, 4) is 0 Å². The predicted molar refractivity (Wildman–Crippen MR) is 96.5 cm³/mol. The van der Waals surface area contributed by atoms with Crippen LogP contribution in [-0.2, 0) is 6.54 Å². The summed E-state index contributed by atoms with van der Waals surface area (Å²) in [5.74, 6) is -0.232. The van der Waals surface area contributed by atoms with E-state index in [1.54, 1.807) is 40.5 Å². The molecular weight excluding hydrogens is 322 g/mol. The Morgan fingerprint density at radius 1 is 1.21 bits per heavy atom. The Hall–Kier alpha value is -1.98. The van der Waals surface area contributed by atoms with Crippen LogP contribution in [0.15, 0.2) is 36.4 Å². The molecule has 1 N–H and O–H groups in total. The molecule has 0 aliphatic heterocycles. The molecule has 2 aromatic rings. The highest BCUT2D eigenvalue weighted by molar-refractivity contribution is 7.11. The number of amides is 1. The molecule has 128 valence electrons. The van der Waals surface area contributed by atoms with Crippen molar-refractivity contribution in [3.05, 3.63) is 57.3 Å². The third-order valence-corrected chi connectivity index (χ3v) is 5.01. The van der Waals surface area contributed by atoms with Gasteiger partial charge in [-0.05, 0) is 44.5 Å². The summed E-state index contributed by atoms with van der Waals surface area (Å²) in [6.45, 7) is 5.84. The zero-order chi connectivity index (χ0) is 17.7. The summed E-state index contributed by atoms with van der Waals surface area (Å²) in [5, 5.41) is 9.67. The molecule has 1 aromatic carbocycles. The van der Waals surface area contributed by atoms with Crippen LogP contribution in [0.2, 0.25) is 0 Å². The van der Waals surface area contributed by atoms with E-state index >= 15 is 0 Å². The van der Waals surface area contributed by atoms with E-state index in [2.05, 4.69) is 0 Å². The van der Waals surface area contributed by atoms with Crippen LogP contribution in [0, 0.1) is 6.92 Å². The molecular formula is C19H23NO3S. The molecule has 2 rings (SSSR count). The second kappa shape index (κ2) is 8.22. The molecule has 1 amide bonds. The lowest BCUT2D eigenvalue weighted by atomic mass is 10.1. The Morgan fingerprint density at radius 2 is 1.92 bits per heavy atom. The third-order valence-electron chi connectivity index (χ3n) is 4.02. The van der Waals surface area contributed by atoms with Crippen LogP contribution >= 0.6 is 11.3 Å². The second-order valence-electron chi connectivity index (χ2n) is 5.83. The summed E-state index contributed by atoms with van der Waals surface area (Å²) >= 11 is 1.65. The minimum absolute atomic E-state index is 0.0701. The Morgan fingerprint density at radius 3 is 2.46 bits per heavy atom. The van der Waals surface area contributed by atoms with Crippen molar-refractivity contribution in [1.29, 1.82) is 0 Å². The number of hydrogen-bond acceptors (Lipinski definition) is 4. The van der Waals surface area contributed by atoms with Crippen molar-refractivity contribution in [2.75, 3.05) is 6.61 Å². The van der Waals surface area contributed by atoms with Crippen LogP contribution in [0.3, 0.4) is 0 Å². The van der Waals surface area contributed by atoms with Crippen molar-refractivity contribution in [2.45, 2.75) is 39.8 Å². The summed E-state index contributed by atoms with van der Waals surface area (Å²) in [7, 11) is 0. The average molecular weight is 345 g/mol. The van der Waals surface area contributed by atoms with Gasteiger partial charge < -0.3 is 10.0 Å². The molecule has 5 heteroatoms. The highest BCUT2D eigenvalue weighted by Crippen LogP contribution is 2.21. The van der Waals surface area contributed by atoms with E-state index in [0.29, 0.717) is 24.1 Å². The fraction of sp³-hybridized carbons (Fsp3) is 0.368. The van der Waals surface area contributed by atoms with Crippen molar-refractivity contribution >= 4 is 23.0 Å². The number of hydrogen-bond donors (Lipinski definition) is 1. The molecule has 1 aromatic heterocycles. The molecule has 4 nitrogen and oxygen atoms in total. The third kappa shape index (κ3) is 4.30. The van der Waals surface area contributed by atoms with E-state index < -0.39 is 0 Å². The molecule has 0 radical (unpaired) electrons. The van der Waals surface area contributed by atoms with Gasteiger partial charge in [0, 0.05) is 20.9 Å². The van der Waals surface area contributed by atoms with E-state index in [4.69, 9.17) is 0 Å². The fourth-order valence-electron chi connectivity index (χ4n) is 2.59. The average Bonchev–Trinajstić information content (AvgIpc) is 2.99. The Labute approximate surface area is 146 Å². The summed E-state index contributed by atoms with van der Waals surface area (Å²) in [6.07, 6.45) is 0.666. The first-order chi connectivity index (χ1) is 11.5. The number of rotatable bonds is 7. The summed E-state index contributed by atoms with van der Waals surface area (Å²) in [5.41, 5.74) is 0.993. The number of carbonyl (C=O) groups excluding carboxylic acids is 2. The first-order valence-electron chi connectivity index (χ1n) is 8.04. The monoisotopic (exact) mass is 345 g/mol. The molecule has 1 heterocycles. The smallest absolute Gasteiger partial charge is 0.254 e. The van der Waals surface area contributed by atoms with E-state index in [1.165, 1.54) is 11.8 Å². The van der Waals surface area contributed by atoms with E-state index in [-0.39, 0.29) is 24.3 Å². The second-order valence-corrected chi connectivity index (χ2v) is 7.20. The van der Waals surface area contributed by atoms with Crippen molar-refractivity contribution < 1.29 is 14.7 Å². The number of ketones is 1. The van der Waals surface area contributed by atoms with Gasteiger partial charge in [0.1, 0.15) is 0 Å². The number of aliphatic hydroxyl groups excluding tert-OH is 1. The lowest BCUT2D eigenvalue weighted by Crippen LogP contribution is -2.41. The first-order valence-corrected chi connectivity index (χ1v) is 8.86. The van der Waals surface area contributed by atoms with Gasteiger partial charge in [-0.3, -0.25) is 9.59 Å². The van der Waals surface area contributed by atoms with Crippen molar-refractivity contribution in [1.82, 2.24) is 4.90 Å². The zero-order valence-electron chi connectivity index (χ0n) is 14.3. The maximum absolute atomic E-state index is 13.0. The topological polar surface area (TPSA) is 57.6 Å². The summed E-state index contributed by atoms with van der Waals surface area (Å²) in [4.78, 5) is 28.5. The maximum atomic E-state index is 13.0. The van der Waals surface area contributed by atoms with Gasteiger partial charge >= 0.3 is 0 Å². The lowest BCUT2D eigenvalue weighted by molar-refractivity contribution is 0.0566. The molecule has 0 aliphatic rings. The number of thiophene rings is 1. The van der Waals surface area contributed by atoms with Gasteiger partial charge in [-0.15, -0.1) is 11.3 Å². The number of nitrogens with zero attached hydrogens (tertiary/aromatic N) is 1. The maximum Gasteiger partial charge on any atom is 0.254 e. The molecule has 0 fully saturated rings. The van der Waals surface area contributed by atoms with E-state index in [1.807, 2.05) is 26.0 Å². The molecule has 0 aliphatic carbocycles. The minimum atomic E-state index is -0.249.